The molecule has 22 heavy (non-hydrogen) atoms. The van der Waals surface area contributed by atoms with Gasteiger partial charge in [-0.2, -0.15) is 0 Å². The van der Waals surface area contributed by atoms with Crippen LogP contribution in [0.2, 0.25) is 0 Å². The molecule has 2 N–H and O–H groups in total. The first-order valence-electron chi connectivity index (χ1n) is 6.40. The fourth-order valence-electron chi connectivity index (χ4n) is 1.83. The Balaban J connectivity index is 2.13. The molecule has 0 unspecified atom stereocenters. The van der Waals surface area contributed by atoms with Crippen molar-refractivity contribution in [1.29, 1.82) is 0 Å². The predicted molar refractivity (Wildman–Crippen MR) is 85.4 cm³/mol. The Labute approximate surface area is 130 Å². The summed E-state index contributed by atoms with van der Waals surface area (Å²) >= 11 is 0. The summed E-state index contributed by atoms with van der Waals surface area (Å²) in [6.45, 7) is 0. The monoisotopic (exact) mass is 340 g/mol. The van der Waals surface area contributed by atoms with Crippen molar-refractivity contribution in [3.05, 3.63) is 60.2 Å². The van der Waals surface area contributed by atoms with E-state index in [4.69, 9.17) is 0 Å². The van der Waals surface area contributed by atoms with E-state index in [0.29, 0.717) is 11.3 Å². The average Bonchev–Trinajstić information content (AvgIpc) is 2.48. The molecule has 0 bridgehead atoms. The summed E-state index contributed by atoms with van der Waals surface area (Å²) < 4.78 is 51.9. The molecule has 0 fully saturated rings. The van der Waals surface area contributed by atoms with Crippen molar-refractivity contribution >= 4 is 25.7 Å². The molecule has 0 aliphatic rings. The first kappa shape index (κ1) is 16.5. The summed E-state index contributed by atoms with van der Waals surface area (Å²) in [6.07, 6.45) is 0. The van der Waals surface area contributed by atoms with E-state index in [0.717, 1.165) is 0 Å². The molecular formula is C14H16N2O4S2. The molecule has 0 aliphatic heterocycles. The second kappa shape index (κ2) is 6.47. The lowest BCUT2D eigenvalue weighted by Crippen LogP contribution is -2.19. The van der Waals surface area contributed by atoms with Gasteiger partial charge in [0.1, 0.15) is 0 Å². The highest BCUT2D eigenvalue weighted by Crippen LogP contribution is 2.16. The zero-order chi connectivity index (χ0) is 16.2. The van der Waals surface area contributed by atoms with Crippen LogP contribution in [0.3, 0.4) is 0 Å². The van der Waals surface area contributed by atoms with Gasteiger partial charge in [0.15, 0.2) is 0 Å². The van der Waals surface area contributed by atoms with Gasteiger partial charge in [0.2, 0.25) is 20.0 Å². The zero-order valence-corrected chi connectivity index (χ0v) is 13.5. The minimum absolute atomic E-state index is 0.0704. The third-order valence-corrected chi connectivity index (χ3v) is 5.60. The van der Waals surface area contributed by atoms with E-state index in [1.807, 2.05) is 6.07 Å². The second-order valence-corrected chi connectivity index (χ2v) is 8.19. The van der Waals surface area contributed by atoms with Gasteiger partial charge >= 0.3 is 0 Å². The van der Waals surface area contributed by atoms with Crippen molar-refractivity contribution in [2.45, 2.75) is 10.6 Å². The summed E-state index contributed by atoms with van der Waals surface area (Å²) in [5, 5.41) is 0. The van der Waals surface area contributed by atoms with Crippen molar-refractivity contribution < 1.29 is 16.8 Å². The summed E-state index contributed by atoms with van der Waals surface area (Å²) in [5.41, 5.74) is 0.982. The Morgan fingerprint density at radius 2 is 1.45 bits per heavy atom. The van der Waals surface area contributed by atoms with Gasteiger partial charge in [-0.05, 0) is 36.9 Å². The highest BCUT2D eigenvalue weighted by molar-refractivity contribution is 7.92. The summed E-state index contributed by atoms with van der Waals surface area (Å²) in [6, 6.07) is 14.3. The molecule has 2 rings (SSSR count). The topological polar surface area (TPSA) is 92.3 Å². The Morgan fingerprint density at radius 3 is 2.00 bits per heavy atom. The molecule has 2 aromatic carbocycles. The standard InChI is InChI=1S/C14H16N2O4S2/c1-15-22(19,20)14-9-7-13(8-10-14)16-21(17,18)11-12-5-3-2-4-6-12/h2-10,15-16H,11H2,1H3. The van der Waals surface area contributed by atoms with Gasteiger partial charge in [-0.3, -0.25) is 4.72 Å². The first-order chi connectivity index (χ1) is 10.3. The number of hydrogen-bond acceptors (Lipinski definition) is 4. The molecule has 0 saturated heterocycles. The minimum atomic E-state index is -3.56. The van der Waals surface area contributed by atoms with Gasteiger partial charge in [0.05, 0.1) is 10.6 Å². The van der Waals surface area contributed by atoms with Crippen molar-refractivity contribution in [2.75, 3.05) is 11.8 Å². The molecule has 6 nitrogen and oxygen atoms in total. The molecule has 0 saturated carbocycles. The van der Waals surface area contributed by atoms with E-state index in [-0.39, 0.29) is 10.6 Å². The maximum absolute atomic E-state index is 12.1. The van der Waals surface area contributed by atoms with Crippen LogP contribution in [-0.2, 0) is 25.8 Å². The average molecular weight is 340 g/mol. The molecule has 0 amide bonds. The highest BCUT2D eigenvalue weighted by atomic mass is 32.2. The fourth-order valence-corrected chi connectivity index (χ4v) is 3.76. The zero-order valence-electron chi connectivity index (χ0n) is 11.9. The van der Waals surface area contributed by atoms with Crippen molar-refractivity contribution in [3.63, 3.8) is 0 Å². The van der Waals surface area contributed by atoms with Crippen LogP contribution in [0.25, 0.3) is 0 Å². The van der Waals surface area contributed by atoms with Gasteiger partial charge in [-0.1, -0.05) is 30.3 Å². The smallest absolute Gasteiger partial charge is 0.240 e. The largest absolute Gasteiger partial charge is 0.283 e. The van der Waals surface area contributed by atoms with Gasteiger partial charge in [-0.25, -0.2) is 21.6 Å². The van der Waals surface area contributed by atoms with Crippen molar-refractivity contribution in [3.8, 4) is 0 Å². The third kappa shape index (κ3) is 4.30. The van der Waals surface area contributed by atoms with Crippen LogP contribution in [0.15, 0.2) is 59.5 Å². The second-order valence-electron chi connectivity index (χ2n) is 4.58. The Kier molecular flexibility index (Phi) is 4.84. The lowest BCUT2D eigenvalue weighted by molar-refractivity contribution is 0.588. The molecule has 2 aromatic rings. The van der Waals surface area contributed by atoms with Gasteiger partial charge in [0, 0.05) is 5.69 Å². The molecule has 8 heteroatoms. The highest BCUT2D eigenvalue weighted by Gasteiger charge is 2.14. The number of sulfonamides is 2. The molecule has 0 aliphatic carbocycles. The SMILES string of the molecule is CNS(=O)(=O)c1ccc(NS(=O)(=O)Cc2ccccc2)cc1. The summed E-state index contributed by atoms with van der Waals surface area (Å²) in [5.74, 6) is -0.148. The Bertz CT molecular complexity index is 830. The molecular weight excluding hydrogens is 324 g/mol. The summed E-state index contributed by atoms with van der Waals surface area (Å²) in [4.78, 5) is 0.0704. The third-order valence-electron chi connectivity index (χ3n) is 2.91. The van der Waals surface area contributed by atoms with Crippen molar-refractivity contribution in [1.82, 2.24) is 4.72 Å². The molecule has 0 radical (unpaired) electrons. The van der Waals surface area contributed by atoms with Crippen molar-refractivity contribution in [2.24, 2.45) is 0 Å². The van der Waals surface area contributed by atoms with E-state index in [1.165, 1.54) is 31.3 Å². The summed E-state index contributed by atoms with van der Waals surface area (Å²) in [7, 11) is -5.78. The normalized spacial score (nSPS) is 12.0. The predicted octanol–water partition coefficient (Wildman–Crippen LogP) is 1.54. The lowest BCUT2D eigenvalue weighted by atomic mass is 10.2. The van der Waals surface area contributed by atoms with E-state index in [2.05, 4.69) is 9.44 Å². The number of nitrogens with one attached hydrogen (secondary N) is 2. The van der Waals surface area contributed by atoms with Crippen LogP contribution >= 0.6 is 0 Å². The van der Waals surface area contributed by atoms with E-state index in [1.54, 1.807) is 24.3 Å². The maximum Gasteiger partial charge on any atom is 0.240 e. The van der Waals surface area contributed by atoms with E-state index < -0.39 is 20.0 Å². The quantitative estimate of drug-likeness (QED) is 0.834. The van der Waals surface area contributed by atoms with Gasteiger partial charge < -0.3 is 0 Å². The molecule has 0 atom stereocenters. The maximum atomic E-state index is 12.1. The van der Waals surface area contributed by atoms with Crippen LogP contribution in [0.4, 0.5) is 5.69 Å². The van der Waals surface area contributed by atoms with Crippen LogP contribution < -0.4 is 9.44 Å². The van der Waals surface area contributed by atoms with E-state index >= 15 is 0 Å². The van der Waals surface area contributed by atoms with Crippen LogP contribution in [-0.4, -0.2) is 23.9 Å². The van der Waals surface area contributed by atoms with Gasteiger partial charge in [-0.15, -0.1) is 0 Å². The number of hydrogen-bond donors (Lipinski definition) is 2. The van der Waals surface area contributed by atoms with Gasteiger partial charge in [0.25, 0.3) is 0 Å². The van der Waals surface area contributed by atoms with Crippen LogP contribution in [0.1, 0.15) is 5.56 Å². The molecule has 0 spiro atoms. The molecule has 0 heterocycles. The Morgan fingerprint density at radius 1 is 0.864 bits per heavy atom. The number of benzene rings is 2. The lowest BCUT2D eigenvalue weighted by Gasteiger charge is -2.09. The van der Waals surface area contributed by atoms with Crippen LogP contribution in [0.5, 0.6) is 0 Å². The first-order valence-corrected chi connectivity index (χ1v) is 9.54. The number of rotatable bonds is 6. The minimum Gasteiger partial charge on any atom is -0.283 e. The molecule has 118 valence electrons. The molecule has 0 aromatic heterocycles. The van der Waals surface area contributed by atoms with Crippen LogP contribution in [0, 0.1) is 0 Å². The fraction of sp³-hybridized carbons (Fsp3) is 0.143. The Hall–Kier alpha value is -1.90. The van der Waals surface area contributed by atoms with E-state index in [9.17, 15) is 16.8 Å². The number of anilines is 1.